The van der Waals surface area contributed by atoms with Crippen molar-refractivity contribution in [3.63, 3.8) is 0 Å². The Morgan fingerprint density at radius 3 is 2.68 bits per heavy atom. The molecule has 0 radical (unpaired) electrons. The van der Waals surface area contributed by atoms with E-state index in [1.54, 1.807) is 6.07 Å². The van der Waals surface area contributed by atoms with E-state index in [-0.39, 0.29) is 6.10 Å². The van der Waals surface area contributed by atoms with Crippen LogP contribution in [0.5, 0.6) is 0 Å². The number of halogens is 1. The van der Waals surface area contributed by atoms with Crippen molar-refractivity contribution in [3.05, 3.63) is 58.3 Å². The van der Waals surface area contributed by atoms with E-state index in [1.807, 2.05) is 48.0 Å². The van der Waals surface area contributed by atoms with Gasteiger partial charge in [-0.1, -0.05) is 30.3 Å². The van der Waals surface area contributed by atoms with E-state index in [9.17, 15) is 0 Å². The zero-order valence-corrected chi connectivity index (χ0v) is 15.9. The number of hydrogen-bond acceptors (Lipinski definition) is 4. The van der Waals surface area contributed by atoms with Gasteiger partial charge in [0, 0.05) is 17.2 Å². The quantitative estimate of drug-likeness (QED) is 0.533. The summed E-state index contributed by atoms with van der Waals surface area (Å²) >= 11 is 3.36. The minimum atomic E-state index is 0.0376. The molecule has 0 unspecified atom stereocenters. The average Bonchev–Trinajstić information content (AvgIpc) is 2.99. The third kappa shape index (κ3) is 7.41. The zero-order valence-electron chi connectivity index (χ0n) is 14.4. The van der Waals surface area contributed by atoms with Crippen molar-refractivity contribution >= 4 is 15.9 Å². The first-order chi connectivity index (χ1) is 12.2. The number of benzene rings is 1. The fourth-order valence-electron chi connectivity index (χ4n) is 2.24. The molecule has 134 valence electrons. The van der Waals surface area contributed by atoms with Crippen molar-refractivity contribution in [2.75, 3.05) is 26.4 Å². The monoisotopic (exact) mass is 406 g/mol. The summed E-state index contributed by atoms with van der Waals surface area (Å²) in [5.74, 6) is 0. The van der Waals surface area contributed by atoms with E-state index < -0.39 is 0 Å². The third-order valence-corrected chi connectivity index (χ3v) is 3.99. The average molecular weight is 407 g/mol. The molecule has 1 aromatic heterocycles. The lowest BCUT2D eigenvalue weighted by Gasteiger charge is -2.13. The Kier molecular flexibility index (Phi) is 8.70. The Bertz CT molecular complexity index is 667. The van der Waals surface area contributed by atoms with Gasteiger partial charge < -0.3 is 18.8 Å². The van der Waals surface area contributed by atoms with Crippen LogP contribution in [0.25, 0.3) is 0 Å². The number of rotatable bonds is 11. The SMILES string of the molecule is C[C@H](COCCOCCn1cc(Br)cc1C#N)OCc1ccccc1. The molecule has 25 heavy (non-hydrogen) atoms. The van der Waals surface area contributed by atoms with Gasteiger partial charge in [0.25, 0.3) is 0 Å². The molecule has 0 fully saturated rings. The summed E-state index contributed by atoms with van der Waals surface area (Å²) in [6.45, 7) is 5.37. The van der Waals surface area contributed by atoms with E-state index in [0.29, 0.717) is 45.3 Å². The van der Waals surface area contributed by atoms with Crippen LogP contribution in [0.1, 0.15) is 18.2 Å². The highest BCUT2D eigenvalue weighted by atomic mass is 79.9. The Morgan fingerprint density at radius 2 is 1.92 bits per heavy atom. The standard InChI is InChI=1S/C19H23BrN2O3/c1-16(25-15-17-5-3-2-4-6-17)14-24-10-9-23-8-7-22-13-18(20)11-19(22)12-21/h2-6,11,13,16H,7-10,14-15H2,1H3/t16-/m1/s1. The van der Waals surface area contributed by atoms with Gasteiger partial charge in [0.05, 0.1) is 39.1 Å². The molecule has 1 aromatic carbocycles. The zero-order chi connectivity index (χ0) is 17.9. The fourth-order valence-corrected chi connectivity index (χ4v) is 2.71. The molecule has 0 bridgehead atoms. The van der Waals surface area contributed by atoms with Crippen molar-refractivity contribution < 1.29 is 14.2 Å². The van der Waals surface area contributed by atoms with Crippen molar-refractivity contribution in [1.29, 1.82) is 5.26 Å². The molecule has 0 saturated heterocycles. The van der Waals surface area contributed by atoms with Crippen molar-refractivity contribution in [1.82, 2.24) is 4.57 Å². The molecule has 2 aromatic rings. The van der Waals surface area contributed by atoms with Gasteiger partial charge in [0.15, 0.2) is 0 Å². The number of hydrogen-bond donors (Lipinski definition) is 0. The smallest absolute Gasteiger partial charge is 0.121 e. The molecular weight excluding hydrogens is 384 g/mol. The predicted octanol–water partition coefficient (Wildman–Crippen LogP) is 3.76. The van der Waals surface area contributed by atoms with Gasteiger partial charge in [-0.25, -0.2) is 0 Å². The molecule has 0 aliphatic carbocycles. The van der Waals surface area contributed by atoms with Crippen LogP contribution in [0, 0.1) is 11.3 Å². The van der Waals surface area contributed by atoms with Crippen LogP contribution in [-0.4, -0.2) is 37.1 Å². The third-order valence-electron chi connectivity index (χ3n) is 3.56. The van der Waals surface area contributed by atoms with Gasteiger partial charge >= 0.3 is 0 Å². The Balaban J connectivity index is 1.49. The molecule has 0 aliphatic heterocycles. The second-order valence-electron chi connectivity index (χ2n) is 5.64. The van der Waals surface area contributed by atoms with Crippen LogP contribution in [0.3, 0.4) is 0 Å². The first-order valence-electron chi connectivity index (χ1n) is 8.26. The first-order valence-corrected chi connectivity index (χ1v) is 9.05. The molecular formula is C19H23BrN2O3. The van der Waals surface area contributed by atoms with Gasteiger partial charge in [0.2, 0.25) is 0 Å². The van der Waals surface area contributed by atoms with E-state index in [1.165, 1.54) is 0 Å². The summed E-state index contributed by atoms with van der Waals surface area (Å²) in [6.07, 6.45) is 1.92. The molecule has 6 heteroatoms. The van der Waals surface area contributed by atoms with Crippen LogP contribution >= 0.6 is 15.9 Å². The molecule has 2 rings (SSSR count). The molecule has 0 N–H and O–H groups in total. The van der Waals surface area contributed by atoms with Crippen molar-refractivity contribution in [3.8, 4) is 6.07 Å². The van der Waals surface area contributed by atoms with Crippen LogP contribution in [-0.2, 0) is 27.4 Å². The highest BCUT2D eigenvalue weighted by Gasteiger charge is 2.04. The van der Waals surface area contributed by atoms with E-state index in [4.69, 9.17) is 19.5 Å². The highest BCUT2D eigenvalue weighted by Crippen LogP contribution is 2.13. The summed E-state index contributed by atoms with van der Waals surface area (Å²) in [7, 11) is 0. The highest BCUT2D eigenvalue weighted by molar-refractivity contribution is 9.10. The van der Waals surface area contributed by atoms with Crippen LogP contribution in [0.15, 0.2) is 47.1 Å². The number of aromatic nitrogens is 1. The summed E-state index contributed by atoms with van der Waals surface area (Å²) < 4.78 is 19.6. The molecule has 0 amide bonds. The van der Waals surface area contributed by atoms with Crippen LogP contribution < -0.4 is 0 Å². The predicted molar refractivity (Wildman–Crippen MR) is 99.2 cm³/mol. The Labute approximate surface area is 157 Å². The second-order valence-corrected chi connectivity index (χ2v) is 6.56. The largest absolute Gasteiger partial charge is 0.377 e. The Morgan fingerprint density at radius 1 is 1.16 bits per heavy atom. The van der Waals surface area contributed by atoms with E-state index in [2.05, 4.69) is 22.0 Å². The normalized spacial score (nSPS) is 12.0. The number of ether oxygens (including phenoxy) is 3. The molecule has 0 spiro atoms. The minimum absolute atomic E-state index is 0.0376. The molecule has 1 heterocycles. The minimum Gasteiger partial charge on any atom is -0.377 e. The lowest BCUT2D eigenvalue weighted by molar-refractivity contribution is -0.0300. The van der Waals surface area contributed by atoms with Crippen LogP contribution in [0.4, 0.5) is 0 Å². The lowest BCUT2D eigenvalue weighted by Crippen LogP contribution is -2.18. The summed E-state index contributed by atoms with van der Waals surface area (Å²) in [6, 6.07) is 14.0. The van der Waals surface area contributed by atoms with Crippen molar-refractivity contribution in [2.24, 2.45) is 0 Å². The summed E-state index contributed by atoms with van der Waals surface area (Å²) in [5, 5.41) is 9.01. The maximum Gasteiger partial charge on any atom is 0.121 e. The summed E-state index contributed by atoms with van der Waals surface area (Å²) in [5.41, 5.74) is 1.78. The molecule has 1 atom stereocenters. The molecule has 0 aliphatic rings. The van der Waals surface area contributed by atoms with Crippen molar-refractivity contribution in [2.45, 2.75) is 26.2 Å². The second kappa shape index (κ2) is 11.1. The number of nitriles is 1. The van der Waals surface area contributed by atoms with Gasteiger partial charge in [0.1, 0.15) is 11.8 Å². The molecule has 0 saturated carbocycles. The lowest BCUT2D eigenvalue weighted by atomic mass is 10.2. The van der Waals surface area contributed by atoms with Gasteiger partial charge in [-0.3, -0.25) is 0 Å². The van der Waals surface area contributed by atoms with E-state index in [0.717, 1.165) is 10.0 Å². The maximum atomic E-state index is 9.01. The summed E-state index contributed by atoms with van der Waals surface area (Å²) in [4.78, 5) is 0. The Hall–Kier alpha value is -1.65. The first kappa shape index (κ1) is 19.7. The van der Waals surface area contributed by atoms with Crippen LogP contribution in [0.2, 0.25) is 0 Å². The topological polar surface area (TPSA) is 56.4 Å². The fraction of sp³-hybridized carbons (Fsp3) is 0.421. The maximum absolute atomic E-state index is 9.01. The van der Waals surface area contributed by atoms with Gasteiger partial charge in [-0.05, 0) is 34.5 Å². The number of nitrogens with zero attached hydrogens (tertiary/aromatic N) is 2. The molecule has 5 nitrogen and oxygen atoms in total. The van der Waals surface area contributed by atoms with E-state index >= 15 is 0 Å². The van der Waals surface area contributed by atoms with Gasteiger partial charge in [-0.2, -0.15) is 5.26 Å². The van der Waals surface area contributed by atoms with Gasteiger partial charge in [-0.15, -0.1) is 0 Å².